The van der Waals surface area contributed by atoms with Gasteiger partial charge < -0.3 is 20.9 Å². The molecular weight excluding hydrogens is 416 g/mol. The number of piperidine rings is 1. The van der Waals surface area contributed by atoms with Gasteiger partial charge in [-0.25, -0.2) is 4.98 Å². The van der Waals surface area contributed by atoms with Gasteiger partial charge in [-0.1, -0.05) is 24.3 Å². The SMILES string of the molecule is Nc1ncc(-c2ccc([C@]34C[C@H]3CN(C3COC3)C4)cc2)cc1C(=O)N[C@H]1CC[C@H](O)CC1. The van der Waals surface area contributed by atoms with Crippen molar-refractivity contribution >= 4 is 11.7 Å². The van der Waals surface area contributed by atoms with Gasteiger partial charge >= 0.3 is 0 Å². The summed E-state index contributed by atoms with van der Waals surface area (Å²) in [5.41, 5.74) is 10.1. The van der Waals surface area contributed by atoms with Gasteiger partial charge in [-0.15, -0.1) is 0 Å². The van der Waals surface area contributed by atoms with Crippen LogP contribution in [-0.4, -0.2) is 65.4 Å². The number of aliphatic hydroxyl groups excluding tert-OH is 1. The number of anilines is 1. The topological polar surface area (TPSA) is 101 Å². The van der Waals surface area contributed by atoms with Crippen LogP contribution in [-0.2, 0) is 10.2 Å². The summed E-state index contributed by atoms with van der Waals surface area (Å²) in [6.45, 7) is 4.09. The molecule has 2 saturated carbocycles. The van der Waals surface area contributed by atoms with Crippen molar-refractivity contribution in [3.8, 4) is 11.1 Å². The number of nitrogens with one attached hydrogen (secondary N) is 1. The van der Waals surface area contributed by atoms with E-state index in [9.17, 15) is 9.90 Å². The molecule has 4 fully saturated rings. The number of ether oxygens (including phenoxy) is 1. The third kappa shape index (κ3) is 3.82. The summed E-state index contributed by atoms with van der Waals surface area (Å²) in [6.07, 6.45) is 5.79. The first-order valence-corrected chi connectivity index (χ1v) is 12.2. The fourth-order valence-corrected chi connectivity index (χ4v) is 5.97. The Morgan fingerprint density at radius 1 is 1.15 bits per heavy atom. The molecule has 4 N–H and O–H groups in total. The van der Waals surface area contributed by atoms with Crippen molar-refractivity contribution in [2.24, 2.45) is 5.92 Å². The molecule has 2 atom stereocenters. The monoisotopic (exact) mass is 448 g/mol. The first kappa shape index (κ1) is 21.1. The standard InChI is InChI=1S/C26H32N4O3/c27-24-23(25(32)29-20-5-7-22(31)8-6-20)9-17(11-28-24)16-1-3-18(4-2-16)26-10-19(26)12-30(15-26)21-13-33-14-21/h1-4,9,11,19-22,31H,5-8,10,12-15H2,(H2,27,28)(H,29,32)/t19-,20-,22-,26+/m0/s1. The van der Waals surface area contributed by atoms with Crippen molar-refractivity contribution in [3.05, 3.63) is 47.7 Å². The molecule has 0 spiro atoms. The van der Waals surface area contributed by atoms with Gasteiger partial charge in [-0.2, -0.15) is 0 Å². The van der Waals surface area contributed by atoms with E-state index in [1.807, 2.05) is 6.07 Å². The number of aromatic nitrogens is 1. The third-order valence-electron chi connectivity index (χ3n) is 8.30. The first-order valence-electron chi connectivity index (χ1n) is 12.2. The number of fused-ring (bicyclic) bond motifs is 1. The molecule has 6 rings (SSSR count). The maximum Gasteiger partial charge on any atom is 0.255 e. The molecule has 2 aliphatic heterocycles. The number of likely N-dealkylation sites (tertiary alicyclic amines) is 1. The second-order valence-electron chi connectivity index (χ2n) is 10.4. The number of rotatable bonds is 5. The molecule has 0 bridgehead atoms. The summed E-state index contributed by atoms with van der Waals surface area (Å²) >= 11 is 0. The second kappa shape index (κ2) is 8.08. The highest BCUT2D eigenvalue weighted by Crippen LogP contribution is 2.59. The second-order valence-corrected chi connectivity index (χ2v) is 10.4. The molecule has 0 unspecified atom stereocenters. The summed E-state index contributed by atoms with van der Waals surface area (Å²) in [5, 5.41) is 12.8. The Hall–Kier alpha value is -2.48. The predicted molar refractivity (Wildman–Crippen MR) is 126 cm³/mol. The van der Waals surface area contributed by atoms with Gasteiger partial charge in [0.25, 0.3) is 5.91 Å². The summed E-state index contributed by atoms with van der Waals surface area (Å²) in [6, 6.07) is 11.3. The lowest BCUT2D eigenvalue weighted by atomic mass is 9.92. The Morgan fingerprint density at radius 2 is 1.91 bits per heavy atom. The van der Waals surface area contributed by atoms with Crippen LogP contribution in [0.25, 0.3) is 11.1 Å². The molecule has 2 saturated heterocycles. The van der Waals surface area contributed by atoms with Crippen molar-refractivity contribution in [3.63, 3.8) is 0 Å². The van der Waals surface area contributed by atoms with Crippen LogP contribution in [0.4, 0.5) is 5.82 Å². The minimum atomic E-state index is -0.249. The maximum atomic E-state index is 12.9. The number of carbonyl (C=O) groups is 1. The number of carbonyl (C=O) groups excluding carboxylic acids is 1. The van der Waals surface area contributed by atoms with E-state index >= 15 is 0 Å². The van der Waals surface area contributed by atoms with Crippen molar-refractivity contribution in [2.45, 2.75) is 55.7 Å². The lowest BCUT2D eigenvalue weighted by Crippen LogP contribution is -2.49. The van der Waals surface area contributed by atoms with Crippen LogP contribution < -0.4 is 11.1 Å². The molecule has 33 heavy (non-hydrogen) atoms. The summed E-state index contributed by atoms with van der Waals surface area (Å²) in [7, 11) is 0. The van der Waals surface area contributed by atoms with Crippen molar-refractivity contribution in [1.29, 1.82) is 0 Å². The highest BCUT2D eigenvalue weighted by Gasteiger charge is 2.61. The van der Waals surface area contributed by atoms with Crippen LogP contribution in [0, 0.1) is 5.92 Å². The number of nitrogens with two attached hydrogens (primary N) is 1. The van der Waals surface area contributed by atoms with Gasteiger partial charge in [0.1, 0.15) is 5.82 Å². The largest absolute Gasteiger partial charge is 0.393 e. The van der Waals surface area contributed by atoms with Crippen LogP contribution in [0.5, 0.6) is 0 Å². The van der Waals surface area contributed by atoms with Crippen LogP contribution >= 0.6 is 0 Å². The first-order chi connectivity index (χ1) is 16.0. The molecule has 3 heterocycles. The molecule has 174 valence electrons. The highest BCUT2D eigenvalue weighted by atomic mass is 16.5. The zero-order valence-corrected chi connectivity index (χ0v) is 18.9. The molecule has 1 aromatic carbocycles. The summed E-state index contributed by atoms with van der Waals surface area (Å²) in [5.74, 6) is 0.818. The van der Waals surface area contributed by atoms with Gasteiger partial charge in [0, 0.05) is 36.3 Å². The fourth-order valence-electron chi connectivity index (χ4n) is 5.97. The maximum absolute atomic E-state index is 12.9. The van der Waals surface area contributed by atoms with Crippen LogP contribution in [0.1, 0.15) is 48.0 Å². The predicted octanol–water partition coefficient (Wildman–Crippen LogP) is 2.34. The molecular formula is C26H32N4O3. The van der Waals surface area contributed by atoms with E-state index in [1.54, 1.807) is 6.20 Å². The summed E-state index contributed by atoms with van der Waals surface area (Å²) < 4.78 is 5.39. The molecule has 0 radical (unpaired) electrons. The number of aliphatic hydroxyl groups is 1. The molecule has 1 aromatic heterocycles. The molecule has 4 aliphatic rings. The number of hydrogen-bond donors (Lipinski definition) is 3. The summed E-state index contributed by atoms with van der Waals surface area (Å²) in [4.78, 5) is 19.8. The van der Waals surface area contributed by atoms with Crippen LogP contribution in [0.2, 0.25) is 0 Å². The van der Waals surface area contributed by atoms with Gasteiger partial charge in [-0.05, 0) is 55.2 Å². The normalized spacial score (nSPS) is 31.6. The van der Waals surface area contributed by atoms with Crippen molar-refractivity contribution < 1.29 is 14.6 Å². The quantitative estimate of drug-likeness (QED) is 0.649. The van der Waals surface area contributed by atoms with Crippen molar-refractivity contribution in [1.82, 2.24) is 15.2 Å². The zero-order chi connectivity index (χ0) is 22.6. The minimum absolute atomic E-state index is 0.0754. The van der Waals surface area contributed by atoms with Crippen LogP contribution in [0.3, 0.4) is 0 Å². The van der Waals surface area contributed by atoms with E-state index in [0.29, 0.717) is 17.0 Å². The lowest BCUT2D eigenvalue weighted by molar-refractivity contribution is -0.0610. The number of hydrogen-bond acceptors (Lipinski definition) is 6. The Labute approximate surface area is 194 Å². The number of nitrogens with zero attached hydrogens (tertiary/aromatic N) is 2. The fraction of sp³-hybridized carbons (Fsp3) is 0.538. The smallest absolute Gasteiger partial charge is 0.255 e. The third-order valence-corrected chi connectivity index (χ3v) is 8.30. The van der Waals surface area contributed by atoms with Gasteiger partial charge in [-0.3, -0.25) is 9.69 Å². The average molecular weight is 449 g/mol. The Morgan fingerprint density at radius 3 is 2.61 bits per heavy atom. The molecule has 2 aromatic rings. The van der Waals surface area contributed by atoms with Gasteiger partial charge in [0.05, 0.1) is 30.9 Å². The average Bonchev–Trinajstić information content (AvgIpc) is 3.36. The van der Waals surface area contributed by atoms with Gasteiger partial charge in [0.2, 0.25) is 0 Å². The highest BCUT2D eigenvalue weighted by molar-refractivity contribution is 5.99. The minimum Gasteiger partial charge on any atom is -0.393 e. The number of pyridine rings is 1. The Kier molecular flexibility index (Phi) is 5.16. The van der Waals surface area contributed by atoms with Crippen LogP contribution in [0.15, 0.2) is 36.5 Å². The molecule has 2 aliphatic carbocycles. The number of amides is 1. The molecule has 7 heteroatoms. The van der Waals surface area contributed by atoms with E-state index in [1.165, 1.54) is 18.5 Å². The molecule has 7 nitrogen and oxygen atoms in total. The zero-order valence-electron chi connectivity index (χ0n) is 18.9. The van der Waals surface area contributed by atoms with E-state index in [4.69, 9.17) is 10.5 Å². The van der Waals surface area contributed by atoms with Crippen molar-refractivity contribution in [2.75, 3.05) is 32.0 Å². The Balaban J connectivity index is 1.16. The van der Waals surface area contributed by atoms with E-state index < -0.39 is 0 Å². The van der Waals surface area contributed by atoms with E-state index in [-0.39, 0.29) is 23.9 Å². The Bertz CT molecular complexity index is 1050. The van der Waals surface area contributed by atoms with Gasteiger partial charge in [0.15, 0.2) is 0 Å². The lowest BCUT2D eigenvalue weighted by Gasteiger charge is -2.36. The van der Waals surface area contributed by atoms with E-state index in [2.05, 4.69) is 39.5 Å². The molecule has 1 amide bonds. The van der Waals surface area contributed by atoms with E-state index in [0.717, 1.165) is 62.5 Å². The number of benzene rings is 1. The number of nitrogen functional groups attached to an aromatic ring is 1.